The molecule has 0 fully saturated rings. The normalized spacial score (nSPS) is 11.7. The largest absolute Gasteiger partial charge is 0.298 e. The van der Waals surface area contributed by atoms with Crippen molar-refractivity contribution in [3.8, 4) is 11.3 Å². The van der Waals surface area contributed by atoms with E-state index in [4.69, 9.17) is 11.6 Å². The predicted molar refractivity (Wildman–Crippen MR) is 117 cm³/mol. The Labute approximate surface area is 179 Å². The molecular formula is C20H20ClN3O3S2. The van der Waals surface area contributed by atoms with Crippen molar-refractivity contribution < 1.29 is 13.2 Å². The third-order valence-corrected chi connectivity index (χ3v) is 7.39. The Morgan fingerprint density at radius 3 is 2.52 bits per heavy atom. The number of rotatable bonds is 5. The Kier molecular flexibility index (Phi) is 6.09. The zero-order valence-electron chi connectivity index (χ0n) is 16.4. The molecule has 0 aliphatic heterocycles. The molecule has 0 radical (unpaired) electrons. The molecule has 9 heteroatoms. The minimum Gasteiger partial charge on any atom is -0.298 e. The van der Waals surface area contributed by atoms with Crippen LogP contribution in [0.2, 0.25) is 5.02 Å². The molecule has 29 heavy (non-hydrogen) atoms. The highest BCUT2D eigenvalue weighted by Gasteiger charge is 2.22. The van der Waals surface area contributed by atoms with Crippen molar-refractivity contribution in [1.29, 1.82) is 0 Å². The van der Waals surface area contributed by atoms with Gasteiger partial charge in [0.25, 0.3) is 5.91 Å². The molecular weight excluding hydrogens is 430 g/mol. The molecule has 0 saturated heterocycles. The van der Waals surface area contributed by atoms with Crippen LogP contribution in [0.15, 0.2) is 46.7 Å². The summed E-state index contributed by atoms with van der Waals surface area (Å²) in [6, 6.07) is 10.2. The first-order chi connectivity index (χ1) is 13.6. The lowest BCUT2D eigenvalue weighted by Crippen LogP contribution is -2.23. The summed E-state index contributed by atoms with van der Waals surface area (Å²) in [4.78, 5) is 17.0. The van der Waals surface area contributed by atoms with Gasteiger partial charge in [-0.05, 0) is 37.6 Å². The molecule has 3 rings (SSSR count). The molecule has 0 aliphatic carbocycles. The number of amides is 1. The highest BCUT2D eigenvalue weighted by atomic mass is 35.5. The average molecular weight is 450 g/mol. The van der Waals surface area contributed by atoms with E-state index in [2.05, 4.69) is 16.4 Å². The summed E-state index contributed by atoms with van der Waals surface area (Å²) in [6.45, 7) is 4.04. The molecule has 152 valence electrons. The van der Waals surface area contributed by atoms with Crippen LogP contribution in [0, 0.1) is 13.8 Å². The first-order valence-corrected chi connectivity index (χ1v) is 11.4. The van der Waals surface area contributed by atoms with Gasteiger partial charge in [0.2, 0.25) is 10.0 Å². The third kappa shape index (κ3) is 4.51. The smallest absolute Gasteiger partial charge is 0.257 e. The van der Waals surface area contributed by atoms with Gasteiger partial charge >= 0.3 is 0 Å². The molecule has 0 spiro atoms. The molecule has 2 aromatic carbocycles. The van der Waals surface area contributed by atoms with Gasteiger partial charge in [0, 0.05) is 30.6 Å². The quantitative estimate of drug-likeness (QED) is 0.618. The second-order valence-corrected chi connectivity index (χ2v) is 10.1. The molecule has 6 nitrogen and oxygen atoms in total. The number of thiazole rings is 1. The predicted octanol–water partition coefficient (Wildman–Crippen LogP) is 4.58. The highest BCUT2D eigenvalue weighted by Crippen LogP contribution is 2.29. The Morgan fingerprint density at radius 2 is 1.86 bits per heavy atom. The SMILES string of the molecule is Cc1ccc(-c2csc(NC(=O)c3ccc(Cl)c(S(=O)(=O)N(C)C)c3)n2)c(C)c1. The number of hydrogen-bond acceptors (Lipinski definition) is 5. The fourth-order valence-electron chi connectivity index (χ4n) is 2.76. The number of benzene rings is 2. The molecule has 1 amide bonds. The van der Waals surface area contributed by atoms with Crippen LogP contribution < -0.4 is 5.32 Å². The minimum absolute atomic E-state index is 0.0571. The first-order valence-electron chi connectivity index (χ1n) is 8.66. The second-order valence-electron chi connectivity index (χ2n) is 6.74. The number of hydrogen-bond donors (Lipinski definition) is 1. The first kappa shape index (κ1) is 21.4. The number of aromatic nitrogens is 1. The van der Waals surface area contributed by atoms with Crippen molar-refractivity contribution in [3.05, 3.63) is 63.5 Å². The number of nitrogens with one attached hydrogen (secondary N) is 1. The molecule has 1 N–H and O–H groups in total. The number of anilines is 1. The zero-order valence-corrected chi connectivity index (χ0v) is 18.7. The fourth-order valence-corrected chi connectivity index (χ4v) is 4.86. The lowest BCUT2D eigenvalue weighted by Gasteiger charge is -2.13. The standard InChI is InChI=1S/C20H20ClN3O3S2/c1-12-5-7-15(13(2)9-12)17-11-28-20(22-17)23-19(25)14-6-8-16(21)18(10-14)29(26,27)24(3)4/h5-11H,1-4H3,(H,22,23,25). The van der Waals surface area contributed by atoms with Crippen LogP contribution in [0.3, 0.4) is 0 Å². The third-order valence-electron chi connectivity index (χ3n) is 4.33. The van der Waals surface area contributed by atoms with E-state index in [9.17, 15) is 13.2 Å². The Balaban J connectivity index is 1.86. The van der Waals surface area contributed by atoms with Crippen LogP contribution in [0.4, 0.5) is 5.13 Å². The van der Waals surface area contributed by atoms with Gasteiger partial charge in [0.1, 0.15) is 4.90 Å². The van der Waals surface area contributed by atoms with Crippen molar-refractivity contribution in [2.75, 3.05) is 19.4 Å². The van der Waals surface area contributed by atoms with E-state index in [-0.39, 0.29) is 15.5 Å². The van der Waals surface area contributed by atoms with E-state index in [1.54, 1.807) is 0 Å². The molecule has 0 aliphatic rings. The van der Waals surface area contributed by atoms with Gasteiger partial charge in [0.15, 0.2) is 5.13 Å². The van der Waals surface area contributed by atoms with Gasteiger partial charge in [-0.1, -0.05) is 35.4 Å². The fraction of sp³-hybridized carbons (Fsp3) is 0.200. The Morgan fingerprint density at radius 1 is 1.14 bits per heavy atom. The van der Waals surface area contributed by atoms with Crippen LogP contribution >= 0.6 is 22.9 Å². The molecule has 0 bridgehead atoms. The summed E-state index contributed by atoms with van der Waals surface area (Å²) in [5.41, 5.74) is 4.22. The van der Waals surface area contributed by atoms with Gasteiger partial charge in [-0.15, -0.1) is 11.3 Å². The maximum atomic E-state index is 12.6. The van der Waals surface area contributed by atoms with E-state index >= 15 is 0 Å². The Bertz CT molecular complexity index is 1190. The Hall–Kier alpha value is -2.26. The van der Waals surface area contributed by atoms with E-state index in [0.717, 1.165) is 21.1 Å². The molecule has 0 atom stereocenters. The molecule has 1 heterocycles. The monoisotopic (exact) mass is 449 g/mol. The molecule has 0 saturated carbocycles. The highest BCUT2D eigenvalue weighted by molar-refractivity contribution is 7.89. The molecule has 1 aromatic heterocycles. The summed E-state index contributed by atoms with van der Waals surface area (Å²) in [5.74, 6) is -0.460. The lowest BCUT2D eigenvalue weighted by atomic mass is 10.0. The van der Waals surface area contributed by atoms with Crippen LogP contribution in [-0.2, 0) is 10.0 Å². The number of carbonyl (C=O) groups excluding carboxylic acids is 1. The van der Waals surface area contributed by atoms with Crippen molar-refractivity contribution >= 4 is 44.0 Å². The minimum atomic E-state index is -3.77. The molecule has 0 unspecified atom stereocenters. The zero-order chi connectivity index (χ0) is 21.3. The average Bonchev–Trinajstić information content (AvgIpc) is 3.09. The number of sulfonamides is 1. The summed E-state index contributed by atoms with van der Waals surface area (Å²) >= 11 is 7.34. The van der Waals surface area contributed by atoms with Crippen molar-refractivity contribution in [3.63, 3.8) is 0 Å². The maximum Gasteiger partial charge on any atom is 0.257 e. The maximum absolute atomic E-state index is 12.6. The summed E-state index contributed by atoms with van der Waals surface area (Å²) in [7, 11) is -0.958. The van der Waals surface area contributed by atoms with E-state index in [1.807, 2.05) is 31.4 Å². The topological polar surface area (TPSA) is 79.4 Å². The van der Waals surface area contributed by atoms with Crippen LogP contribution in [-0.4, -0.2) is 37.7 Å². The van der Waals surface area contributed by atoms with E-state index in [0.29, 0.717) is 5.13 Å². The van der Waals surface area contributed by atoms with Gasteiger partial charge < -0.3 is 0 Å². The van der Waals surface area contributed by atoms with Gasteiger partial charge in [-0.25, -0.2) is 17.7 Å². The summed E-state index contributed by atoms with van der Waals surface area (Å²) in [5, 5.41) is 5.08. The van der Waals surface area contributed by atoms with Crippen molar-refractivity contribution in [2.45, 2.75) is 18.7 Å². The van der Waals surface area contributed by atoms with E-state index in [1.165, 1.54) is 49.2 Å². The summed E-state index contributed by atoms with van der Waals surface area (Å²) < 4.78 is 25.9. The van der Waals surface area contributed by atoms with E-state index < -0.39 is 15.9 Å². The van der Waals surface area contributed by atoms with Crippen molar-refractivity contribution in [1.82, 2.24) is 9.29 Å². The number of carbonyl (C=O) groups is 1. The summed E-state index contributed by atoms with van der Waals surface area (Å²) in [6.07, 6.45) is 0. The number of nitrogens with zero attached hydrogens (tertiary/aromatic N) is 2. The van der Waals surface area contributed by atoms with Crippen molar-refractivity contribution in [2.24, 2.45) is 0 Å². The van der Waals surface area contributed by atoms with Gasteiger partial charge in [-0.2, -0.15) is 0 Å². The van der Waals surface area contributed by atoms with Crippen LogP contribution in [0.25, 0.3) is 11.3 Å². The van der Waals surface area contributed by atoms with Crippen LogP contribution in [0.5, 0.6) is 0 Å². The molecule has 3 aromatic rings. The number of aryl methyl sites for hydroxylation is 2. The lowest BCUT2D eigenvalue weighted by molar-refractivity contribution is 0.102. The van der Waals surface area contributed by atoms with Gasteiger partial charge in [0.05, 0.1) is 10.7 Å². The van der Waals surface area contributed by atoms with Crippen LogP contribution in [0.1, 0.15) is 21.5 Å². The van der Waals surface area contributed by atoms with Gasteiger partial charge in [-0.3, -0.25) is 10.1 Å². The number of halogens is 1. The second kappa shape index (κ2) is 8.23.